The average Bonchev–Trinajstić information content (AvgIpc) is 3.66. The first-order valence-corrected chi connectivity index (χ1v) is 13.3. The highest BCUT2D eigenvalue weighted by Gasteiger charge is 2.33. The molecule has 0 spiro atoms. The summed E-state index contributed by atoms with van der Waals surface area (Å²) in [7, 11) is 3.29. The molecule has 204 valence electrons. The summed E-state index contributed by atoms with van der Waals surface area (Å²) >= 11 is 0. The molecule has 1 N–H and O–H groups in total. The minimum atomic E-state index is -0.408. The van der Waals surface area contributed by atoms with Gasteiger partial charge in [0, 0.05) is 50.1 Å². The molecule has 4 heterocycles. The Bertz CT molecular complexity index is 1470. The molecule has 0 aliphatic carbocycles. The Morgan fingerprint density at radius 1 is 1.03 bits per heavy atom. The summed E-state index contributed by atoms with van der Waals surface area (Å²) < 4.78 is 18.3. The Labute approximate surface area is 226 Å². The summed E-state index contributed by atoms with van der Waals surface area (Å²) in [5, 5.41) is 13.7. The highest BCUT2D eigenvalue weighted by molar-refractivity contribution is 5.80. The third kappa shape index (κ3) is 5.19. The smallest absolute Gasteiger partial charge is 0.253 e. The Kier molecular flexibility index (Phi) is 7.16. The highest BCUT2D eigenvalue weighted by Crippen LogP contribution is 2.30. The number of benzene rings is 2. The SMILES string of the molecule is COc1ccc(N2CCN(C(c3cc4ccc(OC)cc4[nH]c3=O)c3nnnn3CC3CCCO3)CC2)cc1. The predicted molar refractivity (Wildman–Crippen MR) is 147 cm³/mol. The Hall–Kier alpha value is -3.96. The van der Waals surface area contributed by atoms with Crippen LogP contribution in [0, 0.1) is 0 Å². The number of aromatic nitrogens is 5. The number of H-pyrrole nitrogens is 1. The molecular weight excluding hydrogens is 498 g/mol. The van der Waals surface area contributed by atoms with Gasteiger partial charge in [0.25, 0.3) is 5.56 Å². The average molecular weight is 532 g/mol. The number of ether oxygens (including phenoxy) is 3. The van der Waals surface area contributed by atoms with Crippen LogP contribution in [0.4, 0.5) is 5.69 Å². The van der Waals surface area contributed by atoms with Crippen LogP contribution in [0.5, 0.6) is 11.5 Å². The van der Waals surface area contributed by atoms with Gasteiger partial charge in [-0.3, -0.25) is 9.69 Å². The molecule has 2 saturated heterocycles. The maximum Gasteiger partial charge on any atom is 0.253 e. The minimum Gasteiger partial charge on any atom is -0.497 e. The van der Waals surface area contributed by atoms with E-state index in [-0.39, 0.29) is 11.7 Å². The van der Waals surface area contributed by atoms with Gasteiger partial charge in [-0.25, -0.2) is 4.68 Å². The summed E-state index contributed by atoms with van der Waals surface area (Å²) in [5.74, 6) is 2.18. The van der Waals surface area contributed by atoms with Gasteiger partial charge in [0.05, 0.1) is 32.4 Å². The number of hydrogen-bond donors (Lipinski definition) is 1. The van der Waals surface area contributed by atoms with Crippen molar-refractivity contribution >= 4 is 16.6 Å². The fraction of sp³-hybridized carbons (Fsp3) is 0.429. The van der Waals surface area contributed by atoms with Crippen molar-refractivity contribution in [2.24, 2.45) is 0 Å². The van der Waals surface area contributed by atoms with Crippen LogP contribution >= 0.6 is 0 Å². The van der Waals surface area contributed by atoms with Crippen molar-refractivity contribution in [3.8, 4) is 11.5 Å². The zero-order valence-corrected chi connectivity index (χ0v) is 22.2. The summed E-state index contributed by atoms with van der Waals surface area (Å²) in [4.78, 5) is 21.3. The quantitative estimate of drug-likeness (QED) is 0.367. The van der Waals surface area contributed by atoms with Gasteiger partial charge in [0.1, 0.15) is 17.5 Å². The fourth-order valence-corrected chi connectivity index (χ4v) is 5.58. The molecule has 2 aromatic carbocycles. The Morgan fingerprint density at radius 2 is 1.79 bits per heavy atom. The highest BCUT2D eigenvalue weighted by atomic mass is 16.5. The summed E-state index contributed by atoms with van der Waals surface area (Å²) in [6, 6.07) is 15.4. The molecule has 2 atom stereocenters. The lowest BCUT2D eigenvalue weighted by Gasteiger charge is -2.39. The van der Waals surface area contributed by atoms with Crippen LogP contribution in [-0.4, -0.2) is 83.2 Å². The van der Waals surface area contributed by atoms with E-state index in [1.807, 2.05) is 41.1 Å². The number of nitrogens with one attached hydrogen (secondary N) is 1. The predicted octanol–water partition coefficient (Wildman–Crippen LogP) is 2.62. The minimum absolute atomic E-state index is 0.0715. The maximum absolute atomic E-state index is 13.6. The van der Waals surface area contributed by atoms with Crippen molar-refractivity contribution in [2.75, 3.05) is 51.9 Å². The van der Waals surface area contributed by atoms with Gasteiger partial charge in [-0.1, -0.05) is 0 Å². The fourth-order valence-electron chi connectivity index (χ4n) is 5.58. The summed E-state index contributed by atoms with van der Waals surface area (Å²) in [5.41, 5.74) is 2.33. The molecule has 0 radical (unpaired) electrons. The number of anilines is 1. The molecule has 11 heteroatoms. The lowest BCUT2D eigenvalue weighted by Crippen LogP contribution is -2.49. The van der Waals surface area contributed by atoms with E-state index in [2.05, 4.69) is 42.4 Å². The monoisotopic (exact) mass is 531 g/mol. The molecule has 0 saturated carbocycles. The van der Waals surface area contributed by atoms with E-state index in [4.69, 9.17) is 14.2 Å². The number of nitrogens with zero attached hydrogens (tertiary/aromatic N) is 6. The summed E-state index contributed by atoms with van der Waals surface area (Å²) in [6.07, 6.45) is 2.08. The van der Waals surface area contributed by atoms with Crippen LogP contribution in [0.1, 0.15) is 30.3 Å². The third-order valence-corrected chi connectivity index (χ3v) is 7.70. The number of hydrogen-bond acceptors (Lipinski definition) is 9. The van der Waals surface area contributed by atoms with Crippen LogP contribution < -0.4 is 19.9 Å². The number of fused-ring (bicyclic) bond motifs is 1. The number of pyridine rings is 1. The van der Waals surface area contributed by atoms with E-state index in [9.17, 15) is 4.79 Å². The van der Waals surface area contributed by atoms with E-state index in [1.54, 1.807) is 14.2 Å². The Morgan fingerprint density at radius 3 is 2.51 bits per heavy atom. The van der Waals surface area contributed by atoms with Crippen LogP contribution in [-0.2, 0) is 11.3 Å². The van der Waals surface area contributed by atoms with Crippen LogP contribution in [0.15, 0.2) is 53.3 Å². The maximum atomic E-state index is 13.6. The van der Waals surface area contributed by atoms with Gasteiger partial charge < -0.3 is 24.1 Å². The second-order valence-corrected chi connectivity index (χ2v) is 9.98. The molecule has 2 unspecified atom stereocenters. The molecule has 39 heavy (non-hydrogen) atoms. The Balaban J connectivity index is 1.34. The van der Waals surface area contributed by atoms with Gasteiger partial charge in [-0.15, -0.1) is 5.10 Å². The van der Waals surface area contributed by atoms with Crippen LogP contribution in [0.2, 0.25) is 0 Å². The number of aromatic amines is 1. The first-order chi connectivity index (χ1) is 19.1. The molecule has 2 aromatic heterocycles. The number of piperazine rings is 1. The van der Waals surface area contributed by atoms with Gasteiger partial charge in [-0.2, -0.15) is 0 Å². The van der Waals surface area contributed by atoms with E-state index in [1.165, 1.54) is 0 Å². The normalized spacial score (nSPS) is 18.9. The lowest BCUT2D eigenvalue weighted by molar-refractivity contribution is 0.0906. The summed E-state index contributed by atoms with van der Waals surface area (Å²) in [6.45, 7) is 4.41. The second-order valence-electron chi connectivity index (χ2n) is 9.98. The lowest BCUT2D eigenvalue weighted by atomic mass is 10.0. The van der Waals surface area contributed by atoms with Crippen molar-refractivity contribution in [2.45, 2.75) is 31.5 Å². The van der Waals surface area contributed by atoms with E-state index >= 15 is 0 Å². The number of methoxy groups -OCH3 is 2. The van der Waals surface area contributed by atoms with Crippen molar-refractivity contribution in [3.63, 3.8) is 0 Å². The van der Waals surface area contributed by atoms with Crippen LogP contribution in [0.3, 0.4) is 0 Å². The molecule has 2 aliphatic heterocycles. The van der Waals surface area contributed by atoms with Gasteiger partial charge in [0.2, 0.25) is 0 Å². The van der Waals surface area contributed by atoms with E-state index in [0.29, 0.717) is 23.7 Å². The molecule has 2 fully saturated rings. The van der Waals surface area contributed by atoms with Crippen molar-refractivity contribution < 1.29 is 14.2 Å². The first kappa shape index (κ1) is 25.3. The topological polar surface area (TPSA) is 111 Å². The zero-order chi connectivity index (χ0) is 26.8. The molecule has 0 amide bonds. The standard InChI is InChI=1S/C28H33N7O4/c1-37-21-9-6-20(7-10-21)33-11-13-34(14-12-33)26(27-30-31-32-35(27)18-23-4-3-15-39-23)24-16-19-5-8-22(38-2)17-25(19)29-28(24)36/h5-10,16-17,23,26H,3-4,11-15,18H2,1-2H3,(H,29,36). The molecule has 4 aromatic rings. The molecule has 0 bridgehead atoms. The van der Waals surface area contributed by atoms with Crippen molar-refractivity contribution in [1.82, 2.24) is 30.1 Å². The molecule has 6 rings (SSSR count). The first-order valence-electron chi connectivity index (χ1n) is 13.3. The van der Waals surface area contributed by atoms with Crippen molar-refractivity contribution in [1.29, 1.82) is 0 Å². The van der Waals surface area contributed by atoms with Crippen LogP contribution in [0.25, 0.3) is 10.9 Å². The van der Waals surface area contributed by atoms with Gasteiger partial charge in [-0.05, 0) is 71.1 Å². The van der Waals surface area contributed by atoms with E-state index < -0.39 is 6.04 Å². The largest absolute Gasteiger partial charge is 0.497 e. The number of rotatable bonds is 8. The van der Waals surface area contributed by atoms with Crippen molar-refractivity contribution in [3.05, 3.63) is 70.3 Å². The number of tetrazole rings is 1. The van der Waals surface area contributed by atoms with Gasteiger partial charge >= 0.3 is 0 Å². The zero-order valence-electron chi connectivity index (χ0n) is 22.2. The molecule has 2 aliphatic rings. The molecule has 11 nitrogen and oxygen atoms in total. The van der Waals surface area contributed by atoms with Gasteiger partial charge in [0.15, 0.2) is 5.82 Å². The van der Waals surface area contributed by atoms with E-state index in [0.717, 1.165) is 68.0 Å². The second kappa shape index (κ2) is 11.0. The third-order valence-electron chi connectivity index (χ3n) is 7.70. The molecular formula is C28H33N7O4.